The first-order valence-electron chi connectivity index (χ1n) is 18.4. The van der Waals surface area contributed by atoms with Crippen LogP contribution in [0.3, 0.4) is 0 Å². The van der Waals surface area contributed by atoms with Crippen molar-refractivity contribution in [2.45, 2.75) is 84.0 Å². The summed E-state index contributed by atoms with van der Waals surface area (Å²) in [5, 5.41) is 14.6. The van der Waals surface area contributed by atoms with E-state index in [1.807, 2.05) is 12.1 Å². The molecule has 53 heavy (non-hydrogen) atoms. The van der Waals surface area contributed by atoms with Crippen molar-refractivity contribution in [1.29, 1.82) is 0 Å². The summed E-state index contributed by atoms with van der Waals surface area (Å²) in [6.45, 7) is 2.73. The van der Waals surface area contributed by atoms with Gasteiger partial charge in [0.15, 0.2) is 0 Å². The van der Waals surface area contributed by atoms with E-state index in [0.29, 0.717) is 23.1 Å². The van der Waals surface area contributed by atoms with Gasteiger partial charge in [-0.15, -0.1) is 0 Å². The van der Waals surface area contributed by atoms with E-state index in [-0.39, 0.29) is 68.5 Å². The van der Waals surface area contributed by atoms with E-state index in [0.717, 1.165) is 50.7 Å². The Morgan fingerprint density at radius 1 is 0.962 bits per heavy atom. The lowest BCUT2D eigenvalue weighted by Gasteiger charge is -2.52. The molecule has 0 unspecified atom stereocenters. The fraction of sp³-hybridized carbons (Fsp3) is 0.550. The molecule has 1 atom stereocenters. The minimum absolute atomic E-state index is 0.0204. The molecule has 1 aromatic heterocycles. The van der Waals surface area contributed by atoms with Gasteiger partial charge in [-0.2, -0.15) is 18.3 Å². The van der Waals surface area contributed by atoms with Crippen LogP contribution in [0.4, 0.5) is 17.6 Å². The molecule has 4 aliphatic rings. The van der Waals surface area contributed by atoms with Crippen molar-refractivity contribution in [3.8, 4) is 0 Å². The first kappa shape index (κ1) is 37.1. The number of aromatic nitrogens is 2. The van der Waals surface area contributed by atoms with Crippen molar-refractivity contribution < 1.29 is 41.8 Å². The van der Waals surface area contributed by atoms with Crippen LogP contribution in [0.2, 0.25) is 0 Å². The fourth-order valence-corrected chi connectivity index (χ4v) is 9.04. The molecular weight excluding hydrogens is 692 g/mol. The molecule has 7 rings (SSSR count). The number of hydrogen-bond donors (Lipinski definition) is 1. The van der Waals surface area contributed by atoms with Gasteiger partial charge in [-0.25, -0.2) is 9.18 Å². The number of carbonyl (C=O) groups excluding carboxylic acids is 2. The normalized spacial score (nSPS) is 21.1. The number of halogens is 4. The van der Waals surface area contributed by atoms with E-state index in [4.69, 9.17) is 4.74 Å². The van der Waals surface area contributed by atoms with Crippen LogP contribution in [0, 0.1) is 28.0 Å². The predicted molar refractivity (Wildman–Crippen MR) is 187 cm³/mol. The maximum absolute atomic E-state index is 13.8. The van der Waals surface area contributed by atoms with E-state index in [2.05, 4.69) is 5.10 Å². The van der Waals surface area contributed by atoms with Gasteiger partial charge in [0.25, 0.3) is 5.91 Å². The van der Waals surface area contributed by atoms with E-state index < -0.39 is 28.9 Å². The maximum atomic E-state index is 13.8. The summed E-state index contributed by atoms with van der Waals surface area (Å²) < 4.78 is 62.6. The van der Waals surface area contributed by atoms with Crippen LogP contribution in [0.15, 0.2) is 54.9 Å². The fourth-order valence-electron chi connectivity index (χ4n) is 9.04. The molecule has 3 heterocycles. The Hall–Kier alpha value is -4.26. The van der Waals surface area contributed by atoms with Gasteiger partial charge in [0, 0.05) is 43.7 Å². The van der Waals surface area contributed by atoms with E-state index in [1.165, 1.54) is 42.5 Å². The number of carbonyl (C=O) groups is 3. The highest BCUT2D eigenvalue weighted by Gasteiger charge is 2.61. The van der Waals surface area contributed by atoms with Gasteiger partial charge in [0.05, 0.1) is 37.1 Å². The third kappa shape index (κ3) is 7.08. The van der Waals surface area contributed by atoms with Crippen molar-refractivity contribution in [3.05, 3.63) is 88.5 Å². The average Bonchev–Trinajstić information content (AvgIpc) is 3.72. The average molecular weight is 739 g/mol. The molecule has 4 fully saturated rings. The molecule has 2 aliphatic heterocycles. The molecule has 2 saturated heterocycles. The highest BCUT2D eigenvalue weighted by molar-refractivity contribution is 5.94. The Labute approximate surface area is 306 Å². The van der Waals surface area contributed by atoms with Crippen molar-refractivity contribution in [3.63, 3.8) is 0 Å². The largest absolute Gasteiger partial charge is 0.478 e. The number of benzene rings is 2. The molecule has 2 amide bonds. The van der Waals surface area contributed by atoms with Crippen LogP contribution in [-0.2, 0) is 22.7 Å². The zero-order chi connectivity index (χ0) is 37.8. The number of amides is 2. The summed E-state index contributed by atoms with van der Waals surface area (Å²) in [5.41, 5.74) is -0.0364. The minimum Gasteiger partial charge on any atom is -0.478 e. The molecule has 0 radical (unpaired) electrons. The molecule has 9 nitrogen and oxygen atoms in total. The van der Waals surface area contributed by atoms with Crippen molar-refractivity contribution in [2.24, 2.45) is 22.2 Å². The number of carboxylic acid groups (broad SMARTS) is 1. The van der Waals surface area contributed by atoms with E-state index >= 15 is 0 Å². The highest BCUT2D eigenvalue weighted by atomic mass is 19.4. The lowest BCUT2D eigenvalue weighted by Crippen LogP contribution is -2.66. The molecule has 284 valence electrons. The van der Waals surface area contributed by atoms with Crippen molar-refractivity contribution in [1.82, 2.24) is 19.6 Å². The Bertz CT molecular complexity index is 1850. The van der Waals surface area contributed by atoms with Gasteiger partial charge in [-0.3, -0.25) is 14.3 Å². The Morgan fingerprint density at radius 2 is 1.64 bits per heavy atom. The summed E-state index contributed by atoms with van der Waals surface area (Å²) in [4.78, 5) is 42.3. The van der Waals surface area contributed by atoms with Crippen LogP contribution in [0.25, 0.3) is 0 Å². The number of likely N-dealkylation sites (tertiary alicyclic amines) is 2. The first-order valence-corrected chi connectivity index (χ1v) is 18.4. The van der Waals surface area contributed by atoms with Crippen LogP contribution in [0.5, 0.6) is 0 Å². The van der Waals surface area contributed by atoms with Gasteiger partial charge >= 0.3 is 12.1 Å². The van der Waals surface area contributed by atoms with Gasteiger partial charge in [0.2, 0.25) is 5.91 Å². The van der Waals surface area contributed by atoms with Crippen molar-refractivity contribution >= 4 is 17.8 Å². The Kier molecular flexibility index (Phi) is 9.70. The van der Waals surface area contributed by atoms with Gasteiger partial charge < -0.3 is 19.6 Å². The third-order valence-corrected chi connectivity index (χ3v) is 12.7. The molecule has 2 aromatic carbocycles. The standard InChI is InChI=1S/C40H46F4N4O5/c1-37(2,40(42,43)44)36(52)47-24-39(25-47)23-46(34(49)29-17-45-48(19-29)18-26-7-9-31(41)10-8-26)20-30(39)22-53-21-28-5-3-6-32(33(28)35(50)51)27-11-15-38(16-12-27)13-4-14-38/h3,5-10,17,19,27,30H,4,11-16,18,20-25H2,1-2H3,(H,50,51)/t30-/m0/s1. The van der Waals surface area contributed by atoms with Crippen LogP contribution >= 0.6 is 0 Å². The van der Waals surface area contributed by atoms with Gasteiger partial charge in [-0.05, 0) is 92.5 Å². The number of nitrogens with zero attached hydrogens (tertiary/aromatic N) is 4. The molecule has 2 spiro atoms. The van der Waals surface area contributed by atoms with Crippen LogP contribution in [0.1, 0.15) is 102 Å². The Balaban J connectivity index is 1.06. The molecule has 2 aliphatic carbocycles. The summed E-state index contributed by atoms with van der Waals surface area (Å²) in [5.74, 6) is -2.85. The number of aromatic carboxylic acids is 1. The van der Waals surface area contributed by atoms with E-state index in [9.17, 15) is 37.1 Å². The Morgan fingerprint density at radius 3 is 2.26 bits per heavy atom. The lowest BCUT2D eigenvalue weighted by molar-refractivity contribution is -0.223. The molecule has 2 saturated carbocycles. The molecule has 1 N–H and O–H groups in total. The van der Waals surface area contributed by atoms with Gasteiger partial charge in [-0.1, -0.05) is 36.8 Å². The highest BCUT2D eigenvalue weighted by Crippen LogP contribution is 2.55. The lowest BCUT2D eigenvalue weighted by atomic mass is 9.58. The third-order valence-electron chi connectivity index (χ3n) is 12.7. The van der Waals surface area contributed by atoms with E-state index in [1.54, 1.807) is 34.0 Å². The van der Waals surface area contributed by atoms with Crippen LogP contribution < -0.4 is 0 Å². The predicted octanol–water partition coefficient (Wildman–Crippen LogP) is 7.30. The smallest absolute Gasteiger partial charge is 0.402 e. The topological polar surface area (TPSA) is 105 Å². The zero-order valence-corrected chi connectivity index (χ0v) is 30.1. The van der Waals surface area contributed by atoms with Gasteiger partial charge in [0.1, 0.15) is 11.2 Å². The second-order valence-corrected chi connectivity index (χ2v) is 16.4. The molecular formula is C40H46F4N4O5. The number of alkyl halides is 3. The molecule has 3 aromatic rings. The molecule has 13 heteroatoms. The summed E-state index contributed by atoms with van der Waals surface area (Å²) in [7, 11) is 0. The zero-order valence-electron chi connectivity index (χ0n) is 30.1. The minimum atomic E-state index is -4.73. The summed E-state index contributed by atoms with van der Waals surface area (Å²) in [6.07, 6.45) is 6.28. The quantitative estimate of drug-likeness (QED) is 0.219. The second kappa shape index (κ2) is 13.9. The summed E-state index contributed by atoms with van der Waals surface area (Å²) >= 11 is 0. The summed E-state index contributed by atoms with van der Waals surface area (Å²) in [6, 6.07) is 11.5. The van der Waals surface area contributed by atoms with Crippen molar-refractivity contribution in [2.75, 3.05) is 32.8 Å². The molecule has 0 bridgehead atoms. The second-order valence-electron chi connectivity index (χ2n) is 16.4. The number of rotatable bonds is 10. The number of carboxylic acids is 1. The first-order chi connectivity index (χ1) is 25.1. The maximum Gasteiger partial charge on any atom is 0.402 e. The van der Waals surface area contributed by atoms with Crippen LogP contribution in [-0.4, -0.2) is 81.4 Å². The number of ether oxygens (including phenoxy) is 1. The SMILES string of the molecule is CC(C)(C(=O)N1CC2(CN(C(=O)c3cnn(Cc4ccc(F)cc4)c3)C[C@H]2COCc2cccc(C3CCC4(CCC4)CC3)c2C(=O)O)C1)C(F)(F)F. The number of hydrogen-bond acceptors (Lipinski definition) is 5. The monoisotopic (exact) mass is 738 g/mol.